The van der Waals surface area contributed by atoms with Gasteiger partial charge < -0.3 is 10.1 Å². The van der Waals surface area contributed by atoms with Gasteiger partial charge in [-0.2, -0.15) is 0 Å². The topological polar surface area (TPSA) is 55.4 Å². The van der Waals surface area contributed by atoms with Gasteiger partial charge in [0.15, 0.2) is 5.60 Å². The Kier molecular flexibility index (Phi) is 4.47. The first-order valence-electron chi connectivity index (χ1n) is 8.89. The summed E-state index contributed by atoms with van der Waals surface area (Å²) in [6, 6.07) is 27.5. The van der Waals surface area contributed by atoms with Crippen molar-refractivity contribution < 1.29 is 14.3 Å². The quantitative estimate of drug-likeness (QED) is 0.725. The summed E-state index contributed by atoms with van der Waals surface area (Å²) in [4.78, 5) is 25.2. The van der Waals surface area contributed by atoms with Crippen molar-refractivity contribution in [2.75, 3.05) is 0 Å². The highest BCUT2D eigenvalue weighted by Gasteiger charge is 2.49. The van der Waals surface area contributed by atoms with Crippen molar-refractivity contribution >= 4 is 11.9 Å². The molecule has 0 radical (unpaired) electrons. The fourth-order valence-electron chi connectivity index (χ4n) is 3.53. The van der Waals surface area contributed by atoms with Crippen LogP contribution >= 0.6 is 0 Å². The Morgan fingerprint density at radius 3 is 1.81 bits per heavy atom. The molecule has 0 spiro atoms. The van der Waals surface area contributed by atoms with E-state index in [4.69, 9.17) is 4.74 Å². The lowest BCUT2D eigenvalue weighted by Gasteiger charge is -2.28. The molecule has 3 aromatic rings. The van der Waals surface area contributed by atoms with Crippen LogP contribution in [0.25, 0.3) is 0 Å². The zero-order valence-electron chi connectivity index (χ0n) is 14.7. The summed E-state index contributed by atoms with van der Waals surface area (Å²) in [5.74, 6) is -0.707. The fourth-order valence-corrected chi connectivity index (χ4v) is 3.53. The third-order valence-corrected chi connectivity index (χ3v) is 4.87. The Balaban J connectivity index is 1.67. The number of hydrogen-bond donors (Lipinski definition) is 1. The minimum absolute atomic E-state index is 0.283. The lowest BCUT2D eigenvalue weighted by Crippen LogP contribution is -2.38. The van der Waals surface area contributed by atoms with E-state index in [1.54, 1.807) is 24.3 Å². The lowest BCUT2D eigenvalue weighted by atomic mass is 9.83. The molecule has 0 aromatic heterocycles. The van der Waals surface area contributed by atoms with E-state index in [0.717, 1.165) is 11.1 Å². The van der Waals surface area contributed by atoms with Gasteiger partial charge in [-0.1, -0.05) is 78.9 Å². The molecule has 4 rings (SSSR count). The molecule has 1 atom stereocenters. The van der Waals surface area contributed by atoms with Crippen molar-refractivity contribution in [2.45, 2.75) is 18.1 Å². The van der Waals surface area contributed by atoms with Crippen LogP contribution in [-0.4, -0.2) is 17.9 Å². The second-order valence-electron chi connectivity index (χ2n) is 6.58. The van der Waals surface area contributed by atoms with Crippen molar-refractivity contribution in [2.24, 2.45) is 0 Å². The minimum atomic E-state index is -0.908. The first-order chi connectivity index (χ1) is 13.2. The Hall–Kier alpha value is -3.40. The molecular weight excluding hydrogens is 338 g/mol. The van der Waals surface area contributed by atoms with Crippen LogP contribution in [0.3, 0.4) is 0 Å². The molecule has 1 fully saturated rings. The molecule has 0 bridgehead atoms. The molecule has 1 aliphatic rings. The molecule has 4 heteroatoms. The van der Waals surface area contributed by atoms with E-state index < -0.39 is 17.6 Å². The number of nitrogens with one attached hydrogen (secondary N) is 1. The highest BCUT2D eigenvalue weighted by Crippen LogP contribution is 2.42. The number of esters is 1. The highest BCUT2D eigenvalue weighted by atomic mass is 16.6. The smallest absolute Gasteiger partial charge is 0.330 e. The molecule has 27 heavy (non-hydrogen) atoms. The van der Waals surface area contributed by atoms with Crippen LogP contribution in [0.4, 0.5) is 0 Å². The maximum Gasteiger partial charge on any atom is 0.330 e. The Morgan fingerprint density at radius 1 is 0.815 bits per heavy atom. The molecule has 0 saturated carbocycles. The molecule has 1 N–H and O–H groups in total. The third kappa shape index (κ3) is 3.22. The first kappa shape index (κ1) is 17.0. The number of amides is 1. The van der Waals surface area contributed by atoms with E-state index >= 15 is 0 Å². The van der Waals surface area contributed by atoms with E-state index in [9.17, 15) is 9.59 Å². The second kappa shape index (κ2) is 7.08. The third-order valence-electron chi connectivity index (χ3n) is 4.87. The van der Waals surface area contributed by atoms with Crippen LogP contribution in [0.2, 0.25) is 0 Å². The van der Waals surface area contributed by atoms with E-state index in [-0.39, 0.29) is 5.91 Å². The number of cyclic esters (lactones) is 1. The Labute approximate surface area is 157 Å². The van der Waals surface area contributed by atoms with Crippen molar-refractivity contribution in [3.05, 3.63) is 108 Å². The Bertz CT molecular complexity index is 900. The molecule has 1 saturated heterocycles. The number of carbonyl (C=O) groups excluding carboxylic acids is 2. The number of carbonyl (C=O) groups is 2. The molecule has 0 unspecified atom stereocenters. The predicted molar refractivity (Wildman–Crippen MR) is 102 cm³/mol. The summed E-state index contributed by atoms with van der Waals surface area (Å²) in [5, 5.41) is 2.83. The monoisotopic (exact) mass is 357 g/mol. The zero-order valence-corrected chi connectivity index (χ0v) is 14.7. The molecule has 4 nitrogen and oxygen atoms in total. The summed E-state index contributed by atoms with van der Waals surface area (Å²) in [6.07, 6.45) is 0.346. The van der Waals surface area contributed by atoms with Crippen LogP contribution in [0, 0.1) is 0 Å². The normalized spacial score (nSPS) is 17.9. The number of benzene rings is 3. The second-order valence-corrected chi connectivity index (χ2v) is 6.58. The maximum atomic E-state index is 12.7. The minimum Gasteiger partial charge on any atom is -0.448 e. The van der Waals surface area contributed by atoms with E-state index in [2.05, 4.69) is 5.32 Å². The fraction of sp³-hybridized carbons (Fsp3) is 0.130. The van der Waals surface area contributed by atoms with Gasteiger partial charge in [0.1, 0.15) is 6.04 Å². The molecule has 1 aliphatic heterocycles. The van der Waals surface area contributed by atoms with Gasteiger partial charge in [-0.3, -0.25) is 4.79 Å². The van der Waals surface area contributed by atoms with Gasteiger partial charge in [-0.15, -0.1) is 0 Å². The highest BCUT2D eigenvalue weighted by molar-refractivity contribution is 5.97. The maximum absolute atomic E-state index is 12.7. The summed E-state index contributed by atoms with van der Waals surface area (Å²) in [6.45, 7) is 0. The van der Waals surface area contributed by atoms with Crippen LogP contribution in [-0.2, 0) is 15.1 Å². The largest absolute Gasteiger partial charge is 0.448 e. The predicted octanol–water partition coefficient (Wildman–Crippen LogP) is 3.68. The van der Waals surface area contributed by atoms with E-state index in [1.807, 2.05) is 66.7 Å². The van der Waals surface area contributed by atoms with Gasteiger partial charge in [0, 0.05) is 23.1 Å². The van der Waals surface area contributed by atoms with Gasteiger partial charge in [-0.25, -0.2) is 4.79 Å². The number of ether oxygens (including phenoxy) is 1. The summed E-state index contributed by atoms with van der Waals surface area (Å²) in [5.41, 5.74) is 1.39. The van der Waals surface area contributed by atoms with Crippen molar-refractivity contribution in [3.8, 4) is 0 Å². The van der Waals surface area contributed by atoms with Crippen molar-refractivity contribution in [1.82, 2.24) is 5.32 Å². The molecule has 1 amide bonds. The van der Waals surface area contributed by atoms with Gasteiger partial charge in [0.05, 0.1) is 0 Å². The average Bonchev–Trinajstić information content (AvgIpc) is 3.07. The van der Waals surface area contributed by atoms with Gasteiger partial charge in [0.25, 0.3) is 5.91 Å². The molecule has 1 heterocycles. The summed E-state index contributed by atoms with van der Waals surface area (Å²) in [7, 11) is 0. The Morgan fingerprint density at radius 2 is 1.30 bits per heavy atom. The van der Waals surface area contributed by atoms with E-state index in [0.29, 0.717) is 12.0 Å². The lowest BCUT2D eigenvalue weighted by molar-refractivity contribution is -0.147. The molecule has 134 valence electrons. The van der Waals surface area contributed by atoms with Crippen LogP contribution < -0.4 is 5.32 Å². The van der Waals surface area contributed by atoms with E-state index in [1.165, 1.54) is 0 Å². The summed E-state index contributed by atoms with van der Waals surface area (Å²) >= 11 is 0. The summed E-state index contributed by atoms with van der Waals surface area (Å²) < 4.78 is 5.92. The van der Waals surface area contributed by atoms with Crippen molar-refractivity contribution in [3.63, 3.8) is 0 Å². The van der Waals surface area contributed by atoms with Gasteiger partial charge in [0.2, 0.25) is 0 Å². The molecule has 3 aromatic carbocycles. The first-order valence-corrected chi connectivity index (χ1v) is 8.89. The SMILES string of the molecule is O=C(N[C@H]1CC(c2ccccc2)(c2ccccc2)OC1=O)c1ccccc1. The number of rotatable bonds is 4. The standard InChI is InChI=1S/C23H19NO3/c25-21(17-10-4-1-5-11-17)24-20-16-23(27-22(20)26,18-12-6-2-7-13-18)19-14-8-3-9-15-19/h1-15,20H,16H2,(H,24,25)/t20-/m0/s1. The number of hydrogen-bond acceptors (Lipinski definition) is 3. The van der Waals surface area contributed by atoms with Crippen LogP contribution in [0.5, 0.6) is 0 Å². The van der Waals surface area contributed by atoms with Crippen LogP contribution in [0.15, 0.2) is 91.0 Å². The molecule has 0 aliphatic carbocycles. The van der Waals surface area contributed by atoms with Gasteiger partial charge >= 0.3 is 5.97 Å². The van der Waals surface area contributed by atoms with Crippen molar-refractivity contribution in [1.29, 1.82) is 0 Å². The average molecular weight is 357 g/mol. The molecular formula is C23H19NO3. The van der Waals surface area contributed by atoms with Crippen LogP contribution in [0.1, 0.15) is 27.9 Å². The zero-order chi connectivity index (χ0) is 18.7. The van der Waals surface area contributed by atoms with Gasteiger partial charge in [-0.05, 0) is 12.1 Å².